The van der Waals surface area contributed by atoms with E-state index in [0.29, 0.717) is 18.9 Å². The fourth-order valence-corrected chi connectivity index (χ4v) is 1.80. The van der Waals surface area contributed by atoms with Crippen molar-refractivity contribution in [3.8, 4) is 0 Å². The first-order valence-corrected chi connectivity index (χ1v) is 5.81. The van der Waals surface area contributed by atoms with E-state index in [1.54, 1.807) is 0 Å². The molecule has 0 saturated heterocycles. The minimum atomic E-state index is -0.482. The summed E-state index contributed by atoms with van der Waals surface area (Å²) in [5.74, 6) is 0.537. The Bertz CT molecular complexity index is 588. The normalized spacial score (nSPS) is 10.3. The Kier molecular flexibility index (Phi) is 3.62. The molecule has 94 valence electrons. The number of anilines is 1. The number of aromatic amines is 2. The summed E-state index contributed by atoms with van der Waals surface area (Å²) in [6, 6.07) is 11.3. The quantitative estimate of drug-likeness (QED) is 0.847. The van der Waals surface area contributed by atoms with Gasteiger partial charge in [0.1, 0.15) is 5.82 Å². The molecule has 0 aliphatic heterocycles. The third kappa shape index (κ3) is 2.88. The topological polar surface area (TPSA) is 69.0 Å². The van der Waals surface area contributed by atoms with Crippen molar-refractivity contribution in [1.29, 1.82) is 0 Å². The fraction of sp³-hybridized carbons (Fsp3) is 0.231. The molecule has 0 amide bonds. The van der Waals surface area contributed by atoms with Gasteiger partial charge in [0.05, 0.1) is 0 Å². The van der Waals surface area contributed by atoms with Crippen LogP contribution in [-0.4, -0.2) is 16.5 Å². The van der Waals surface area contributed by atoms with Crippen LogP contribution in [-0.2, 0) is 6.54 Å². The van der Waals surface area contributed by atoms with Crippen LogP contribution in [0, 0.1) is 0 Å². The highest BCUT2D eigenvalue weighted by atomic mass is 16.2. The number of nitrogens with zero attached hydrogens (tertiary/aromatic N) is 1. The number of hydrogen-bond donors (Lipinski definition) is 2. The summed E-state index contributed by atoms with van der Waals surface area (Å²) in [6.45, 7) is 3.33. The second kappa shape index (κ2) is 5.35. The minimum absolute atomic E-state index is 0.389. The average Bonchev–Trinajstić information content (AvgIpc) is 2.36. The van der Waals surface area contributed by atoms with Crippen molar-refractivity contribution in [1.82, 2.24) is 9.97 Å². The molecule has 0 unspecified atom stereocenters. The van der Waals surface area contributed by atoms with Gasteiger partial charge in [0.2, 0.25) is 0 Å². The van der Waals surface area contributed by atoms with E-state index >= 15 is 0 Å². The number of H-pyrrole nitrogens is 2. The summed E-state index contributed by atoms with van der Waals surface area (Å²) in [4.78, 5) is 29.3. The van der Waals surface area contributed by atoms with Gasteiger partial charge in [-0.1, -0.05) is 30.3 Å². The molecule has 0 radical (unpaired) electrons. The third-order valence-electron chi connectivity index (χ3n) is 2.68. The van der Waals surface area contributed by atoms with E-state index in [4.69, 9.17) is 0 Å². The highest BCUT2D eigenvalue weighted by Gasteiger charge is 2.07. The number of benzene rings is 1. The Labute approximate surface area is 104 Å². The maximum atomic E-state index is 11.3. The van der Waals surface area contributed by atoms with Crippen molar-refractivity contribution in [3.63, 3.8) is 0 Å². The Morgan fingerprint density at radius 3 is 2.44 bits per heavy atom. The first kappa shape index (κ1) is 12.2. The van der Waals surface area contributed by atoms with Crippen molar-refractivity contribution < 1.29 is 0 Å². The van der Waals surface area contributed by atoms with Crippen LogP contribution in [0.5, 0.6) is 0 Å². The van der Waals surface area contributed by atoms with Crippen LogP contribution in [0.25, 0.3) is 0 Å². The molecule has 5 heteroatoms. The number of hydrogen-bond acceptors (Lipinski definition) is 3. The lowest BCUT2D eigenvalue weighted by molar-refractivity contribution is 0.801. The summed E-state index contributed by atoms with van der Waals surface area (Å²) in [5.41, 5.74) is 0.254. The lowest BCUT2D eigenvalue weighted by atomic mass is 10.2. The molecule has 2 aromatic rings. The monoisotopic (exact) mass is 245 g/mol. The molecule has 0 spiro atoms. The summed E-state index contributed by atoms with van der Waals surface area (Å²) >= 11 is 0. The van der Waals surface area contributed by atoms with Gasteiger partial charge in [-0.05, 0) is 12.5 Å². The summed E-state index contributed by atoms with van der Waals surface area (Å²) in [5, 5.41) is 0. The second-order valence-corrected chi connectivity index (χ2v) is 3.97. The molecule has 5 nitrogen and oxygen atoms in total. The van der Waals surface area contributed by atoms with Crippen LogP contribution in [0.1, 0.15) is 12.5 Å². The molecule has 0 bridgehead atoms. The Hall–Kier alpha value is -2.30. The lowest BCUT2D eigenvalue weighted by Gasteiger charge is -2.22. The standard InChI is InChI=1S/C13H15N3O2/c1-2-16(9-10-6-4-3-5-7-10)11-8-12(17)15-13(18)14-11/h3-8H,2,9H2,1H3,(H2,14,15,17,18). The van der Waals surface area contributed by atoms with Crippen molar-refractivity contribution in [2.75, 3.05) is 11.4 Å². The third-order valence-corrected chi connectivity index (χ3v) is 2.68. The molecule has 2 N–H and O–H groups in total. The predicted octanol–water partition coefficient (Wildman–Crippen LogP) is 1.09. The first-order valence-electron chi connectivity index (χ1n) is 5.81. The molecule has 0 saturated carbocycles. The van der Waals surface area contributed by atoms with Crippen LogP contribution < -0.4 is 16.1 Å². The van der Waals surface area contributed by atoms with Gasteiger partial charge < -0.3 is 4.90 Å². The summed E-state index contributed by atoms with van der Waals surface area (Å²) in [7, 11) is 0. The van der Waals surface area contributed by atoms with E-state index in [1.165, 1.54) is 6.07 Å². The maximum Gasteiger partial charge on any atom is 0.327 e. The molecular formula is C13H15N3O2. The van der Waals surface area contributed by atoms with Gasteiger partial charge in [-0.15, -0.1) is 0 Å². The molecular weight excluding hydrogens is 230 g/mol. The first-order chi connectivity index (χ1) is 8.69. The second-order valence-electron chi connectivity index (χ2n) is 3.97. The van der Waals surface area contributed by atoms with Gasteiger partial charge in [0, 0.05) is 19.2 Å². The summed E-state index contributed by atoms with van der Waals surface area (Å²) in [6.07, 6.45) is 0. The number of rotatable bonds is 4. The van der Waals surface area contributed by atoms with Gasteiger partial charge in [0.15, 0.2) is 0 Å². The minimum Gasteiger partial charge on any atom is -0.354 e. The number of nitrogens with one attached hydrogen (secondary N) is 2. The fourth-order valence-electron chi connectivity index (χ4n) is 1.80. The number of aromatic nitrogens is 2. The molecule has 0 aliphatic carbocycles. The van der Waals surface area contributed by atoms with E-state index in [-0.39, 0.29) is 5.56 Å². The van der Waals surface area contributed by atoms with Crippen LogP contribution in [0.4, 0.5) is 5.82 Å². The van der Waals surface area contributed by atoms with Crippen LogP contribution in [0.2, 0.25) is 0 Å². The molecule has 0 aliphatic rings. The highest BCUT2D eigenvalue weighted by molar-refractivity contribution is 5.37. The van der Waals surface area contributed by atoms with E-state index in [0.717, 1.165) is 5.56 Å². The van der Waals surface area contributed by atoms with Crippen molar-refractivity contribution in [2.24, 2.45) is 0 Å². The molecule has 0 fully saturated rings. The highest BCUT2D eigenvalue weighted by Crippen LogP contribution is 2.10. The van der Waals surface area contributed by atoms with Gasteiger partial charge in [-0.2, -0.15) is 0 Å². The maximum absolute atomic E-state index is 11.3. The lowest BCUT2D eigenvalue weighted by Crippen LogP contribution is -2.29. The predicted molar refractivity (Wildman–Crippen MR) is 70.8 cm³/mol. The van der Waals surface area contributed by atoms with E-state index in [9.17, 15) is 9.59 Å². The smallest absolute Gasteiger partial charge is 0.327 e. The zero-order valence-electron chi connectivity index (χ0n) is 10.1. The van der Waals surface area contributed by atoms with Gasteiger partial charge in [0.25, 0.3) is 5.56 Å². The average molecular weight is 245 g/mol. The van der Waals surface area contributed by atoms with Crippen molar-refractivity contribution >= 4 is 5.82 Å². The Morgan fingerprint density at radius 2 is 1.83 bits per heavy atom. The van der Waals surface area contributed by atoms with Gasteiger partial charge in [-0.3, -0.25) is 14.8 Å². The molecule has 1 aromatic carbocycles. The Morgan fingerprint density at radius 1 is 1.11 bits per heavy atom. The molecule has 1 heterocycles. The molecule has 1 aromatic heterocycles. The van der Waals surface area contributed by atoms with Crippen LogP contribution >= 0.6 is 0 Å². The van der Waals surface area contributed by atoms with Crippen LogP contribution in [0.3, 0.4) is 0 Å². The van der Waals surface area contributed by atoms with Gasteiger partial charge in [-0.25, -0.2) is 4.79 Å². The molecule has 2 rings (SSSR count). The van der Waals surface area contributed by atoms with Gasteiger partial charge >= 0.3 is 5.69 Å². The SMILES string of the molecule is CCN(Cc1ccccc1)c1cc(=O)[nH]c(=O)[nH]1. The van der Waals surface area contributed by atoms with E-state index < -0.39 is 5.69 Å². The molecule has 0 atom stereocenters. The van der Waals surface area contributed by atoms with Crippen molar-refractivity contribution in [2.45, 2.75) is 13.5 Å². The van der Waals surface area contributed by atoms with Crippen LogP contribution in [0.15, 0.2) is 46.0 Å². The zero-order valence-corrected chi connectivity index (χ0v) is 10.1. The largest absolute Gasteiger partial charge is 0.354 e. The van der Waals surface area contributed by atoms with E-state index in [1.807, 2.05) is 42.2 Å². The Balaban J connectivity index is 2.28. The zero-order chi connectivity index (χ0) is 13.0. The molecule has 18 heavy (non-hydrogen) atoms. The summed E-state index contributed by atoms with van der Waals surface area (Å²) < 4.78 is 0. The van der Waals surface area contributed by atoms with E-state index in [2.05, 4.69) is 9.97 Å². The van der Waals surface area contributed by atoms with Crippen molar-refractivity contribution in [3.05, 3.63) is 62.8 Å².